The molecule has 7 nitrogen and oxygen atoms in total. The van der Waals surface area contributed by atoms with E-state index in [-0.39, 0.29) is 18.3 Å². The van der Waals surface area contributed by atoms with Crippen LogP contribution in [0, 0.1) is 0 Å². The molecule has 7 heteroatoms. The summed E-state index contributed by atoms with van der Waals surface area (Å²) in [7, 11) is 1.76. The third kappa shape index (κ3) is 2.57. The predicted octanol–water partition coefficient (Wildman–Crippen LogP) is -0.278. The summed E-state index contributed by atoms with van der Waals surface area (Å²) in [6.45, 7) is 0.258. The maximum Gasteiger partial charge on any atom is 0.255 e. The van der Waals surface area contributed by atoms with Crippen molar-refractivity contribution < 1.29 is 4.79 Å². The van der Waals surface area contributed by atoms with Gasteiger partial charge in [-0.3, -0.25) is 9.48 Å². The third-order valence-corrected chi connectivity index (χ3v) is 2.14. The Morgan fingerprint density at radius 1 is 1.53 bits per heavy atom. The van der Waals surface area contributed by atoms with Crippen molar-refractivity contribution in [2.45, 2.75) is 6.54 Å². The number of nitrogens with one attached hydrogen (secondary N) is 1. The molecule has 0 saturated heterocycles. The highest BCUT2D eigenvalue weighted by Crippen LogP contribution is 2.06. The zero-order valence-electron chi connectivity index (χ0n) is 9.29. The van der Waals surface area contributed by atoms with Crippen LogP contribution in [-0.2, 0) is 13.6 Å². The van der Waals surface area contributed by atoms with Gasteiger partial charge < -0.3 is 11.1 Å². The van der Waals surface area contributed by atoms with Gasteiger partial charge in [0, 0.05) is 13.2 Å². The Balaban J connectivity index is 2.01. The van der Waals surface area contributed by atoms with Gasteiger partial charge in [0.15, 0.2) is 5.82 Å². The Kier molecular flexibility index (Phi) is 2.99. The van der Waals surface area contributed by atoms with E-state index in [1.807, 2.05) is 0 Å². The fraction of sp³-hybridized carbons (Fsp3) is 0.200. The molecule has 2 aromatic heterocycles. The molecule has 0 unspecified atom stereocenters. The molecule has 2 rings (SSSR count). The monoisotopic (exact) mass is 232 g/mol. The number of rotatable bonds is 3. The first-order valence-electron chi connectivity index (χ1n) is 5.00. The summed E-state index contributed by atoms with van der Waals surface area (Å²) in [5.41, 5.74) is 5.94. The number of aromatic nitrogens is 4. The van der Waals surface area contributed by atoms with E-state index >= 15 is 0 Å². The lowest BCUT2D eigenvalue weighted by atomic mass is 10.2. The van der Waals surface area contributed by atoms with Crippen LogP contribution >= 0.6 is 0 Å². The van der Waals surface area contributed by atoms with Gasteiger partial charge in [-0.1, -0.05) is 0 Å². The number of anilines is 1. The van der Waals surface area contributed by atoms with E-state index in [0.717, 1.165) is 0 Å². The molecular weight excluding hydrogens is 220 g/mol. The molecular formula is C10H12N6O. The average Bonchev–Trinajstić information content (AvgIpc) is 2.73. The van der Waals surface area contributed by atoms with Crippen LogP contribution in [0.3, 0.4) is 0 Å². The second-order valence-electron chi connectivity index (χ2n) is 3.45. The number of nitrogen functional groups attached to an aromatic ring is 1. The number of hydrogen-bond acceptors (Lipinski definition) is 5. The number of carbonyl (C=O) groups excluding carboxylic acids is 1. The fourth-order valence-corrected chi connectivity index (χ4v) is 1.33. The van der Waals surface area contributed by atoms with Crippen LogP contribution in [-0.4, -0.2) is 25.7 Å². The van der Waals surface area contributed by atoms with Crippen LogP contribution in [0.15, 0.2) is 24.7 Å². The lowest BCUT2D eigenvalue weighted by molar-refractivity contribution is 0.0950. The van der Waals surface area contributed by atoms with Gasteiger partial charge in [0.25, 0.3) is 5.91 Å². The van der Waals surface area contributed by atoms with E-state index in [4.69, 9.17) is 5.73 Å². The summed E-state index contributed by atoms with van der Waals surface area (Å²) < 4.78 is 1.57. The maximum absolute atomic E-state index is 11.8. The molecule has 17 heavy (non-hydrogen) atoms. The van der Waals surface area contributed by atoms with Crippen molar-refractivity contribution in [3.8, 4) is 0 Å². The maximum atomic E-state index is 11.8. The van der Waals surface area contributed by atoms with Crippen LogP contribution in [0.1, 0.15) is 16.2 Å². The molecule has 0 spiro atoms. The molecule has 0 atom stereocenters. The molecule has 0 bridgehead atoms. The van der Waals surface area contributed by atoms with E-state index in [1.165, 1.54) is 6.20 Å². The second kappa shape index (κ2) is 4.60. The first-order chi connectivity index (χ1) is 8.16. The van der Waals surface area contributed by atoms with Crippen LogP contribution in [0.4, 0.5) is 5.82 Å². The van der Waals surface area contributed by atoms with Crippen molar-refractivity contribution >= 4 is 11.7 Å². The zero-order chi connectivity index (χ0) is 12.3. The molecule has 0 aliphatic carbocycles. The topological polar surface area (TPSA) is 98.7 Å². The van der Waals surface area contributed by atoms with Gasteiger partial charge in [0.2, 0.25) is 0 Å². The number of nitrogens with zero attached hydrogens (tertiary/aromatic N) is 4. The first-order valence-corrected chi connectivity index (χ1v) is 5.00. The molecule has 3 N–H and O–H groups in total. The SMILES string of the molecule is Cn1cnc(CNC(=O)c2cccnc2N)n1. The summed E-state index contributed by atoms with van der Waals surface area (Å²) in [5, 5.41) is 6.71. The van der Waals surface area contributed by atoms with Gasteiger partial charge in [0.1, 0.15) is 12.1 Å². The van der Waals surface area contributed by atoms with E-state index in [2.05, 4.69) is 20.4 Å². The molecule has 88 valence electrons. The van der Waals surface area contributed by atoms with E-state index in [1.54, 1.807) is 30.2 Å². The third-order valence-electron chi connectivity index (χ3n) is 2.14. The van der Waals surface area contributed by atoms with Crippen LogP contribution in [0.2, 0.25) is 0 Å². The Hall–Kier alpha value is -2.44. The Morgan fingerprint density at radius 3 is 3.00 bits per heavy atom. The number of amides is 1. The normalized spacial score (nSPS) is 10.2. The summed E-state index contributed by atoms with van der Waals surface area (Å²) in [6.07, 6.45) is 3.10. The molecule has 0 aromatic carbocycles. The fourth-order valence-electron chi connectivity index (χ4n) is 1.33. The first kappa shape index (κ1) is 11.1. The minimum atomic E-state index is -0.289. The van der Waals surface area contributed by atoms with Crippen molar-refractivity contribution in [3.63, 3.8) is 0 Å². The number of pyridine rings is 1. The Labute approximate surface area is 97.7 Å². The molecule has 0 saturated carbocycles. The summed E-state index contributed by atoms with van der Waals surface area (Å²) in [6, 6.07) is 3.27. The minimum absolute atomic E-state index is 0.207. The quantitative estimate of drug-likeness (QED) is 0.758. The molecule has 2 heterocycles. The number of nitrogens with two attached hydrogens (primary N) is 1. The minimum Gasteiger partial charge on any atom is -0.383 e. The van der Waals surface area contributed by atoms with Gasteiger partial charge in [0.05, 0.1) is 12.1 Å². The predicted molar refractivity (Wildman–Crippen MR) is 60.8 cm³/mol. The molecule has 0 aliphatic rings. The van der Waals surface area contributed by atoms with Gasteiger partial charge in [-0.05, 0) is 12.1 Å². The van der Waals surface area contributed by atoms with Crippen molar-refractivity contribution in [1.82, 2.24) is 25.1 Å². The van der Waals surface area contributed by atoms with E-state index in [9.17, 15) is 4.79 Å². The smallest absolute Gasteiger partial charge is 0.255 e. The molecule has 0 radical (unpaired) electrons. The number of hydrogen-bond donors (Lipinski definition) is 2. The van der Waals surface area contributed by atoms with Gasteiger partial charge in [-0.15, -0.1) is 0 Å². The summed E-state index contributed by atoms with van der Waals surface area (Å²) in [5.74, 6) is 0.463. The van der Waals surface area contributed by atoms with Crippen LogP contribution in [0.5, 0.6) is 0 Å². The van der Waals surface area contributed by atoms with Gasteiger partial charge >= 0.3 is 0 Å². The number of carbonyl (C=O) groups is 1. The highest BCUT2D eigenvalue weighted by molar-refractivity contribution is 5.98. The lowest BCUT2D eigenvalue weighted by Gasteiger charge is -2.04. The largest absolute Gasteiger partial charge is 0.383 e. The molecule has 0 aliphatic heterocycles. The van der Waals surface area contributed by atoms with E-state index < -0.39 is 0 Å². The summed E-state index contributed by atoms with van der Waals surface area (Å²) in [4.78, 5) is 19.6. The Bertz CT molecular complexity index is 535. The average molecular weight is 232 g/mol. The number of aryl methyl sites for hydroxylation is 1. The highest BCUT2D eigenvalue weighted by atomic mass is 16.1. The van der Waals surface area contributed by atoms with Crippen molar-refractivity contribution in [2.24, 2.45) is 7.05 Å². The second-order valence-corrected chi connectivity index (χ2v) is 3.45. The van der Waals surface area contributed by atoms with Crippen LogP contribution < -0.4 is 11.1 Å². The Morgan fingerprint density at radius 2 is 2.35 bits per heavy atom. The standard InChI is InChI=1S/C10H12N6O/c1-16-6-14-8(15-16)5-13-10(17)7-3-2-4-12-9(7)11/h2-4,6H,5H2,1H3,(H2,11,12)(H,13,17). The van der Waals surface area contributed by atoms with Gasteiger partial charge in [-0.25, -0.2) is 9.97 Å². The highest BCUT2D eigenvalue weighted by Gasteiger charge is 2.10. The van der Waals surface area contributed by atoms with Crippen molar-refractivity contribution in [1.29, 1.82) is 0 Å². The molecule has 2 aromatic rings. The zero-order valence-corrected chi connectivity index (χ0v) is 9.29. The molecule has 0 fully saturated rings. The van der Waals surface area contributed by atoms with Gasteiger partial charge in [-0.2, -0.15) is 5.10 Å². The van der Waals surface area contributed by atoms with Crippen molar-refractivity contribution in [3.05, 3.63) is 36.0 Å². The van der Waals surface area contributed by atoms with E-state index in [0.29, 0.717) is 11.4 Å². The van der Waals surface area contributed by atoms with Crippen LogP contribution in [0.25, 0.3) is 0 Å². The van der Waals surface area contributed by atoms with Crippen molar-refractivity contribution in [2.75, 3.05) is 5.73 Å². The summed E-state index contributed by atoms with van der Waals surface area (Å²) >= 11 is 0. The lowest BCUT2D eigenvalue weighted by Crippen LogP contribution is -2.24. The molecule has 1 amide bonds.